The van der Waals surface area contributed by atoms with Crippen molar-refractivity contribution in [3.8, 4) is 0 Å². The van der Waals surface area contributed by atoms with Crippen molar-refractivity contribution in [2.75, 3.05) is 14.2 Å². The largest absolute Gasteiger partial charge is 0.392 e. The topological polar surface area (TPSA) is 18.5 Å². The predicted octanol–water partition coefficient (Wildman–Crippen LogP) is -0.280. The molecule has 0 heterocycles. The minimum absolute atomic E-state index is 0. The van der Waals surface area contributed by atoms with E-state index in [-0.39, 0.29) is 11.0 Å². The predicted molar refractivity (Wildman–Crippen MR) is 51.5 cm³/mol. The van der Waals surface area contributed by atoms with Gasteiger partial charge in [-0.1, -0.05) is 0 Å². The van der Waals surface area contributed by atoms with Crippen LogP contribution in [-0.2, 0) is 8.85 Å². The normalized spacial score (nSPS) is 9.80. The number of hydrogen-bond acceptors (Lipinski definition) is 2. The molecule has 10 heavy (non-hydrogen) atoms. The van der Waals surface area contributed by atoms with Gasteiger partial charge in [0.1, 0.15) is 0 Å². The fourth-order valence-corrected chi connectivity index (χ4v) is 1.50. The molecular weight excluding hydrogens is 160 g/mol. The van der Waals surface area contributed by atoms with Crippen LogP contribution in [0.25, 0.3) is 0 Å². The maximum absolute atomic E-state index is 5.07. The molecule has 0 spiro atoms. The average Bonchev–Trinajstić information content (AvgIpc) is 1.95. The summed E-state index contributed by atoms with van der Waals surface area (Å²) in [4.78, 5) is 0. The van der Waals surface area contributed by atoms with E-state index >= 15 is 0 Å². The van der Waals surface area contributed by atoms with Crippen molar-refractivity contribution < 1.29 is 8.85 Å². The van der Waals surface area contributed by atoms with Gasteiger partial charge in [-0.05, 0) is 22.4 Å². The Morgan fingerprint density at radius 2 is 1.40 bits per heavy atom. The van der Waals surface area contributed by atoms with E-state index in [9.17, 15) is 0 Å². The van der Waals surface area contributed by atoms with Gasteiger partial charge in [0.25, 0.3) is 0 Å². The summed E-state index contributed by atoms with van der Waals surface area (Å²) in [7, 11) is 1.03. The Hall–Kier alpha value is -0.166. The summed E-state index contributed by atoms with van der Waals surface area (Å²) in [5, 5.41) is 0. The summed E-state index contributed by atoms with van der Waals surface area (Å²) in [5.74, 6) is 0. The zero-order valence-electron chi connectivity index (χ0n) is 5.89. The van der Waals surface area contributed by atoms with Crippen LogP contribution in [0.1, 0.15) is 0 Å². The van der Waals surface area contributed by atoms with Crippen molar-refractivity contribution >= 4 is 19.5 Å². The SMILES string of the molecule is C=C[Si](C=C)(OC)OC.[SiH4]. The molecule has 2 nitrogen and oxygen atoms in total. The van der Waals surface area contributed by atoms with E-state index in [0.29, 0.717) is 0 Å². The van der Waals surface area contributed by atoms with Gasteiger partial charge in [-0.3, -0.25) is 0 Å². The van der Waals surface area contributed by atoms with Gasteiger partial charge in [-0.15, -0.1) is 13.2 Å². The van der Waals surface area contributed by atoms with Crippen LogP contribution >= 0.6 is 0 Å². The van der Waals surface area contributed by atoms with Crippen molar-refractivity contribution in [2.45, 2.75) is 0 Å². The first-order chi connectivity index (χ1) is 4.24. The molecule has 0 saturated heterocycles. The third-order valence-electron chi connectivity index (χ3n) is 1.21. The van der Waals surface area contributed by atoms with E-state index in [2.05, 4.69) is 13.2 Å². The molecule has 0 rings (SSSR count). The second-order valence-electron chi connectivity index (χ2n) is 1.54. The van der Waals surface area contributed by atoms with Gasteiger partial charge in [0.15, 0.2) is 0 Å². The molecule has 0 aliphatic heterocycles. The van der Waals surface area contributed by atoms with E-state index in [1.165, 1.54) is 0 Å². The van der Waals surface area contributed by atoms with Crippen molar-refractivity contribution in [2.24, 2.45) is 0 Å². The third kappa shape index (κ3) is 2.61. The minimum Gasteiger partial charge on any atom is -0.392 e. The van der Waals surface area contributed by atoms with Crippen LogP contribution in [0, 0.1) is 0 Å². The molecular formula is C6H16O2Si2. The molecule has 0 aromatic carbocycles. The quantitative estimate of drug-likeness (QED) is 0.549. The summed E-state index contributed by atoms with van der Waals surface area (Å²) in [6.07, 6.45) is 0. The molecule has 0 aromatic rings. The van der Waals surface area contributed by atoms with Gasteiger partial charge in [0.2, 0.25) is 0 Å². The van der Waals surface area contributed by atoms with Crippen LogP contribution in [0.5, 0.6) is 0 Å². The Bertz CT molecular complexity index is 100. The molecule has 0 atom stereocenters. The first-order valence-corrected chi connectivity index (χ1v) is 4.59. The van der Waals surface area contributed by atoms with Gasteiger partial charge >= 0.3 is 8.56 Å². The van der Waals surface area contributed by atoms with Crippen LogP contribution in [-0.4, -0.2) is 33.7 Å². The van der Waals surface area contributed by atoms with E-state index in [1.54, 1.807) is 25.6 Å². The van der Waals surface area contributed by atoms with E-state index < -0.39 is 8.56 Å². The zero-order valence-corrected chi connectivity index (χ0v) is 6.89. The summed E-state index contributed by atoms with van der Waals surface area (Å²) >= 11 is 0. The van der Waals surface area contributed by atoms with E-state index in [4.69, 9.17) is 8.85 Å². The highest BCUT2D eigenvalue weighted by Crippen LogP contribution is 2.05. The average molecular weight is 176 g/mol. The van der Waals surface area contributed by atoms with Crippen molar-refractivity contribution in [3.05, 3.63) is 24.6 Å². The maximum Gasteiger partial charge on any atom is 0.390 e. The fraction of sp³-hybridized carbons (Fsp3) is 0.333. The Labute approximate surface area is 67.8 Å². The number of hydrogen-bond donors (Lipinski definition) is 0. The summed E-state index contributed by atoms with van der Waals surface area (Å²) in [6.45, 7) is 7.17. The van der Waals surface area contributed by atoms with Gasteiger partial charge in [-0.2, -0.15) is 0 Å². The molecule has 0 aromatic heterocycles. The van der Waals surface area contributed by atoms with Gasteiger partial charge in [0, 0.05) is 14.2 Å². The molecule has 0 aliphatic rings. The Balaban J connectivity index is 0. The number of rotatable bonds is 4. The molecule has 0 bridgehead atoms. The molecule has 0 amide bonds. The second kappa shape index (κ2) is 5.61. The Morgan fingerprint density at radius 3 is 1.40 bits per heavy atom. The van der Waals surface area contributed by atoms with Crippen molar-refractivity contribution in [1.82, 2.24) is 0 Å². The first kappa shape index (κ1) is 12.5. The van der Waals surface area contributed by atoms with Crippen LogP contribution < -0.4 is 0 Å². The van der Waals surface area contributed by atoms with Gasteiger partial charge < -0.3 is 8.85 Å². The fourth-order valence-electron chi connectivity index (χ4n) is 0.500. The Morgan fingerprint density at radius 1 is 1.10 bits per heavy atom. The minimum atomic E-state index is -2.16. The van der Waals surface area contributed by atoms with Crippen LogP contribution in [0.2, 0.25) is 0 Å². The molecule has 0 unspecified atom stereocenters. The standard InChI is InChI=1S/C6H12O2Si.H4Si/c1-5-9(6-2,7-3)8-4;/h5-6H,1-2H2,3-4H3;1H4. The molecule has 0 saturated carbocycles. The summed E-state index contributed by atoms with van der Waals surface area (Å²) in [5.41, 5.74) is 3.36. The second-order valence-corrected chi connectivity index (χ2v) is 4.61. The van der Waals surface area contributed by atoms with Crippen molar-refractivity contribution in [3.63, 3.8) is 0 Å². The first-order valence-electron chi connectivity index (χ1n) is 2.62. The lowest BCUT2D eigenvalue weighted by molar-refractivity contribution is 0.270. The molecule has 60 valence electrons. The van der Waals surface area contributed by atoms with Gasteiger partial charge in [0.05, 0.1) is 0 Å². The molecule has 0 N–H and O–H groups in total. The molecule has 0 aliphatic carbocycles. The lowest BCUT2D eigenvalue weighted by Gasteiger charge is -2.17. The van der Waals surface area contributed by atoms with Crippen LogP contribution in [0.15, 0.2) is 24.6 Å². The highest BCUT2D eigenvalue weighted by atomic mass is 28.4. The van der Waals surface area contributed by atoms with Crippen LogP contribution in [0.4, 0.5) is 0 Å². The molecule has 0 radical (unpaired) electrons. The van der Waals surface area contributed by atoms with Crippen molar-refractivity contribution in [1.29, 1.82) is 0 Å². The monoisotopic (exact) mass is 176 g/mol. The summed E-state index contributed by atoms with van der Waals surface area (Å²) < 4.78 is 10.1. The maximum atomic E-state index is 5.07. The zero-order chi connectivity index (χ0) is 7.33. The van der Waals surface area contributed by atoms with Crippen LogP contribution in [0.3, 0.4) is 0 Å². The third-order valence-corrected chi connectivity index (χ3v) is 3.62. The highest BCUT2D eigenvalue weighted by molar-refractivity contribution is 6.77. The molecule has 0 fully saturated rings. The lowest BCUT2D eigenvalue weighted by atomic mass is 11.2. The smallest absolute Gasteiger partial charge is 0.390 e. The molecule has 4 heteroatoms. The van der Waals surface area contributed by atoms with Gasteiger partial charge in [-0.25, -0.2) is 0 Å². The highest BCUT2D eigenvalue weighted by Gasteiger charge is 2.26. The van der Waals surface area contributed by atoms with E-state index in [1.807, 2.05) is 0 Å². The van der Waals surface area contributed by atoms with E-state index in [0.717, 1.165) is 0 Å². The Kier molecular flexibility index (Phi) is 7.01. The lowest BCUT2D eigenvalue weighted by Crippen LogP contribution is -2.35. The summed E-state index contributed by atoms with van der Waals surface area (Å²) in [6, 6.07) is 0.